The Morgan fingerprint density at radius 3 is 2.67 bits per heavy atom. The van der Waals surface area contributed by atoms with Crippen LogP contribution in [0.15, 0.2) is 53.4 Å². The van der Waals surface area contributed by atoms with Crippen molar-refractivity contribution in [3.8, 4) is 0 Å². The Balaban J connectivity index is 1.76. The molecule has 1 aromatic heterocycles. The lowest BCUT2D eigenvalue weighted by Crippen LogP contribution is -2.30. The first kappa shape index (κ1) is 16.0. The molecule has 3 aromatic rings. The van der Waals surface area contributed by atoms with Crippen LogP contribution in [0.25, 0.3) is 10.2 Å². The first-order valence-electron chi connectivity index (χ1n) is 7.69. The van der Waals surface area contributed by atoms with Gasteiger partial charge in [0.2, 0.25) is 10.0 Å². The lowest BCUT2D eigenvalue weighted by molar-refractivity contribution is 0.396. The molecule has 1 aliphatic heterocycles. The van der Waals surface area contributed by atoms with Crippen molar-refractivity contribution in [2.45, 2.75) is 23.8 Å². The molecule has 124 valence electrons. The van der Waals surface area contributed by atoms with Crippen LogP contribution in [0.2, 0.25) is 5.02 Å². The molecule has 2 heterocycles. The number of para-hydroxylation sites is 1. The van der Waals surface area contributed by atoms with Gasteiger partial charge in [-0.25, -0.2) is 13.4 Å². The molecule has 0 spiro atoms. The Morgan fingerprint density at radius 2 is 1.88 bits per heavy atom. The first-order valence-corrected chi connectivity index (χ1v) is 10.3. The summed E-state index contributed by atoms with van der Waals surface area (Å²) in [5.74, 6) is 0. The number of benzene rings is 2. The van der Waals surface area contributed by atoms with Crippen LogP contribution in [0.1, 0.15) is 23.9 Å². The van der Waals surface area contributed by atoms with Crippen molar-refractivity contribution in [2.24, 2.45) is 0 Å². The van der Waals surface area contributed by atoms with Crippen molar-refractivity contribution in [1.82, 2.24) is 9.29 Å². The van der Waals surface area contributed by atoms with Crippen LogP contribution in [0.4, 0.5) is 0 Å². The number of fused-ring (bicyclic) bond motifs is 1. The average molecular weight is 379 g/mol. The third-order valence-electron chi connectivity index (χ3n) is 4.22. The Labute approximate surface area is 149 Å². The number of thiazole rings is 1. The van der Waals surface area contributed by atoms with E-state index in [0.717, 1.165) is 28.1 Å². The predicted molar refractivity (Wildman–Crippen MR) is 96.9 cm³/mol. The summed E-state index contributed by atoms with van der Waals surface area (Å²) in [6.07, 6.45) is 1.60. The predicted octanol–water partition coefficient (Wildman–Crippen LogP) is 4.48. The van der Waals surface area contributed by atoms with Gasteiger partial charge < -0.3 is 0 Å². The van der Waals surface area contributed by atoms with Gasteiger partial charge in [-0.1, -0.05) is 35.9 Å². The van der Waals surface area contributed by atoms with Crippen molar-refractivity contribution in [3.05, 3.63) is 58.6 Å². The van der Waals surface area contributed by atoms with Crippen molar-refractivity contribution >= 4 is 43.2 Å². The lowest BCUT2D eigenvalue weighted by Gasteiger charge is -2.23. The summed E-state index contributed by atoms with van der Waals surface area (Å²) in [6.45, 7) is 0.494. The molecule has 4 nitrogen and oxygen atoms in total. The van der Waals surface area contributed by atoms with Gasteiger partial charge in [0.25, 0.3) is 0 Å². The van der Waals surface area contributed by atoms with Crippen LogP contribution in [0, 0.1) is 0 Å². The summed E-state index contributed by atoms with van der Waals surface area (Å²) in [4.78, 5) is 4.82. The normalized spacial score (nSPS) is 19.1. The zero-order valence-electron chi connectivity index (χ0n) is 12.7. The monoisotopic (exact) mass is 378 g/mol. The van der Waals surface area contributed by atoms with Gasteiger partial charge in [-0.2, -0.15) is 4.31 Å². The van der Waals surface area contributed by atoms with Crippen LogP contribution < -0.4 is 0 Å². The van der Waals surface area contributed by atoms with E-state index in [1.807, 2.05) is 24.3 Å². The van der Waals surface area contributed by atoms with Crippen LogP contribution in [0.3, 0.4) is 0 Å². The fourth-order valence-corrected chi connectivity index (χ4v) is 6.43. The number of halogens is 1. The second-order valence-electron chi connectivity index (χ2n) is 5.72. The molecule has 1 fully saturated rings. The summed E-state index contributed by atoms with van der Waals surface area (Å²) < 4.78 is 28.8. The third kappa shape index (κ3) is 2.63. The molecule has 0 bridgehead atoms. The van der Waals surface area contributed by atoms with E-state index in [1.54, 1.807) is 39.9 Å². The molecule has 2 aromatic carbocycles. The highest BCUT2D eigenvalue weighted by Crippen LogP contribution is 2.40. The summed E-state index contributed by atoms with van der Waals surface area (Å²) in [6, 6.07) is 14.3. The molecular weight excluding hydrogens is 364 g/mol. The van der Waals surface area contributed by atoms with E-state index in [0.29, 0.717) is 6.54 Å². The van der Waals surface area contributed by atoms with Crippen molar-refractivity contribution in [1.29, 1.82) is 0 Å². The molecule has 0 N–H and O–H groups in total. The smallest absolute Gasteiger partial charge is 0.239 e. The standard InChI is InChI=1S/C17H15ClN2O2S2/c18-12-6-1-4-10-16(12)24(21,22)20-11-5-8-14(20)17-19-13-7-2-3-9-15(13)23-17/h1-4,6-7,9-10,14H,5,8,11H2/t14-/m1/s1. The largest absolute Gasteiger partial charge is 0.245 e. The highest BCUT2D eigenvalue weighted by Gasteiger charge is 2.38. The molecule has 1 atom stereocenters. The minimum Gasteiger partial charge on any atom is -0.239 e. The molecule has 0 aliphatic carbocycles. The minimum absolute atomic E-state index is 0.166. The molecule has 1 aliphatic rings. The molecule has 0 unspecified atom stereocenters. The summed E-state index contributed by atoms with van der Waals surface area (Å²) >= 11 is 7.69. The van der Waals surface area contributed by atoms with Gasteiger partial charge >= 0.3 is 0 Å². The quantitative estimate of drug-likeness (QED) is 0.675. The van der Waals surface area contributed by atoms with Gasteiger partial charge in [0.05, 0.1) is 21.3 Å². The van der Waals surface area contributed by atoms with Crippen molar-refractivity contribution < 1.29 is 8.42 Å². The second kappa shape index (κ2) is 6.11. The van der Waals surface area contributed by atoms with Gasteiger partial charge in [0.1, 0.15) is 9.90 Å². The average Bonchev–Trinajstić information content (AvgIpc) is 3.21. The maximum absolute atomic E-state index is 13.1. The minimum atomic E-state index is -3.64. The lowest BCUT2D eigenvalue weighted by atomic mass is 10.2. The SMILES string of the molecule is O=S(=O)(c1ccccc1Cl)N1CCC[C@@H]1c1nc2ccccc2s1. The van der Waals surface area contributed by atoms with E-state index >= 15 is 0 Å². The maximum Gasteiger partial charge on any atom is 0.245 e. The molecular formula is C17H15ClN2O2S2. The van der Waals surface area contributed by atoms with E-state index in [9.17, 15) is 8.42 Å². The van der Waals surface area contributed by atoms with E-state index in [1.165, 1.54) is 0 Å². The van der Waals surface area contributed by atoms with Gasteiger partial charge in [-0.05, 0) is 37.1 Å². The Bertz CT molecular complexity index is 968. The van der Waals surface area contributed by atoms with Crippen LogP contribution >= 0.6 is 22.9 Å². The van der Waals surface area contributed by atoms with Crippen molar-refractivity contribution in [2.75, 3.05) is 6.54 Å². The zero-order valence-corrected chi connectivity index (χ0v) is 15.1. The summed E-state index contributed by atoms with van der Waals surface area (Å²) in [7, 11) is -3.64. The topological polar surface area (TPSA) is 50.3 Å². The molecule has 24 heavy (non-hydrogen) atoms. The van der Waals surface area contributed by atoms with Gasteiger partial charge in [0.15, 0.2) is 0 Å². The number of aromatic nitrogens is 1. The first-order chi connectivity index (χ1) is 11.6. The van der Waals surface area contributed by atoms with Gasteiger partial charge in [-0.15, -0.1) is 11.3 Å². The number of hydrogen-bond donors (Lipinski definition) is 0. The Morgan fingerprint density at radius 1 is 1.12 bits per heavy atom. The highest BCUT2D eigenvalue weighted by molar-refractivity contribution is 7.89. The summed E-state index contributed by atoms with van der Waals surface area (Å²) in [5.41, 5.74) is 0.916. The van der Waals surface area contributed by atoms with Crippen LogP contribution in [-0.4, -0.2) is 24.3 Å². The fraction of sp³-hybridized carbons (Fsp3) is 0.235. The molecule has 1 saturated heterocycles. The number of nitrogens with zero attached hydrogens (tertiary/aromatic N) is 2. The number of sulfonamides is 1. The zero-order chi connectivity index (χ0) is 16.7. The van der Waals surface area contributed by atoms with E-state index in [4.69, 9.17) is 11.6 Å². The Hall–Kier alpha value is -1.47. The van der Waals surface area contributed by atoms with E-state index < -0.39 is 10.0 Å². The van der Waals surface area contributed by atoms with Crippen LogP contribution in [-0.2, 0) is 10.0 Å². The number of hydrogen-bond acceptors (Lipinski definition) is 4. The van der Waals surface area contributed by atoms with Gasteiger partial charge in [0, 0.05) is 6.54 Å². The third-order valence-corrected chi connectivity index (χ3v) is 7.77. The molecule has 0 saturated carbocycles. The maximum atomic E-state index is 13.1. The highest BCUT2D eigenvalue weighted by atomic mass is 35.5. The fourth-order valence-electron chi connectivity index (χ4n) is 3.09. The Kier molecular flexibility index (Phi) is 4.08. The molecule has 0 amide bonds. The van der Waals surface area contributed by atoms with E-state index in [2.05, 4.69) is 4.98 Å². The molecule has 4 rings (SSSR count). The van der Waals surface area contributed by atoms with Crippen molar-refractivity contribution in [3.63, 3.8) is 0 Å². The van der Waals surface area contributed by atoms with E-state index in [-0.39, 0.29) is 16.0 Å². The molecule has 0 radical (unpaired) electrons. The second-order valence-corrected chi connectivity index (χ2v) is 9.05. The van der Waals surface area contributed by atoms with Crippen LogP contribution in [0.5, 0.6) is 0 Å². The van der Waals surface area contributed by atoms with Gasteiger partial charge in [-0.3, -0.25) is 0 Å². The number of rotatable bonds is 3. The molecule has 7 heteroatoms. The summed E-state index contributed by atoms with van der Waals surface area (Å²) in [5, 5.41) is 1.11.